The van der Waals surface area contributed by atoms with E-state index in [1.54, 1.807) is 23.7 Å². The minimum Gasteiger partial charge on any atom is -0.508 e. The number of carbonyl (C=O) groups excluding carboxylic acids is 1. The van der Waals surface area contributed by atoms with Gasteiger partial charge in [0.05, 0.1) is 5.69 Å². The molecule has 5 heteroatoms. The van der Waals surface area contributed by atoms with E-state index in [1.807, 2.05) is 20.2 Å². The topological polar surface area (TPSA) is 67.2 Å². The van der Waals surface area contributed by atoms with Gasteiger partial charge in [0.2, 0.25) is 0 Å². The Kier molecular flexibility index (Phi) is 3.55. The van der Waals surface area contributed by atoms with Crippen molar-refractivity contribution in [2.75, 3.05) is 0 Å². The van der Waals surface area contributed by atoms with Gasteiger partial charge in [-0.25, -0.2) is 0 Å². The molecule has 0 aliphatic heterocycles. The van der Waals surface area contributed by atoms with Gasteiger partial charge in [-0.1, -0.05) is 0 Å². The molecule has 1 aromatic heterocycles. The second kappa shape index (κ2) is 5.14. The number of aromatic nitrogens is 2. The van der Waals surface area contributed by atoms with Crippen LogP contribution in [-0.2, 0) is 13.6 Å². The minimum atomic E-state index is -0.161. The summed E-state index contributed by atoms with van der Waals surface area (Å²) in [5, 5.41) is 16.5. The SMILES string of the molecule is Cc1cc(C(=O)NCc2cn(C)nc2C)ccc1O. The number of phenols is 1. The third-order valence-electron chi connectivity index (χ3n) is 3.01. The molecule has 19 heavy (non-hydrogen) atoms. The van der Waals surface area contributed by atoms with Crippen molar-refractivity contribution in [2.45, 2.75) is 20.4 Å². The first-order chi connectivity index (χ1) is 8.97. The molecule has 2 N–H and O–H groups in total. The van der Waals surface area contributed by atoms with Gasteiger partial charge in [0.15, 0.2) is 0 Å². The van der Waals surface area contributed by atoms with Crippen molar-refractivity contribution < 1.29 is 9.90 Å². The van der Waals surface area contributed by atoms with Crippen LogP contribution in [0.3, 0.4) is 0 Å². The Morgan fingerprint density at radius 1 is 1.42 bits per heavy atom. The maximum Gasteiger partial charge on any atom is 0.251 e. The highest BCUT2D eigenvalue weighted by molar-refractivity contribution is 5.94. The molecule has 0 saturated carbocycles. The standard InChI is InChI=1S/C14H17N3O2/c1-9-6-11(4-5-13(9)18)14(19)15-7-12-8-17(3)16-10(12)2/h4-6,8,18H,7H2,1-3H3,(H,15,19). The van der Waals surface area contributed by atoms with Gasteiger partial charge in [-0.2, -0.15) is 5.10 Å². The molecule has 0 radical (unpaired) electrons. The zero-order valence-electron chi connectivity index (χ0n) is 11.3. The molecule has 0 unspecified atom stereocenters. The van der Waals surface area contributed by atoms with E-state index in [2.05, 4.69) is 10.4 Å². The fourth-order valence-corrected chi connectivity index (χ4v) is 1.90. The number of phenolic OH excluding ortho intramolecular Hbond substituents is 1. The van der Waals surface area contributed by atoms with Crippen molar-refractivity contribution in [1.29, 1.82) is 0 Å². The van der Waals surface area contributed by atoms with E-state index in [1.165, 1.54) is 6.07 Å². The molecule has 0 aliphatic carbocycles. The molecule has 5 nitrogen and oxygen atoms in total. The Morgan fingerprint density at radius 2 is 2.16 bits per heavy atom. The fourth-order valence-electron chi connectivity index (χ4n) is 1.90. The van der Waals surface area contributed by atoms with Crippen molar-refractivity contribution in [3.8, 4) is 5.75 Å². The first-order valence-electron chi connectivity index (χ1n) is 6.04. The largest absolute Gasteiger partial charge is 0.508 e. The summed E-state index contributed by atoms with van der Waals surface area (Å²) in [6, 6.07) is 4.80. The number of aromatic hydroxyl groups is 1. The van der Waals surface area contributed by atoms with Crippen LogP contribution in [0.5, 0.6) is 5.75 Å². The summed E-state index contributed by atoms with van der Waals surface area (Å²) in [7, 11) is 1.85. The summed E-state index contributed by atoms with van der Waals surface area (Å²) in [5.74, 6) is 0.0333. The van der Waals surface area contributed by atoms with Gasteiger partial charge in [-0.05, 0) is 37.6 Å². The first kappa shape index (κ1) is 13.1. The minimum absolute atomic E-state index is 0.161. The average molecular weight is 259 g/mol. The highest BCUT2D eigenvalue weighted by atomic mass is 16.3. The zero-order valence-corrected chi connectivity index (χ0v) is 11.3. The number of nitrogens with one attached hydrogen (secondary N) is 1. The summed E-state index contributed by atoms with van der Waals surface area (Å²) in [5.41, 5.74) is 3.12. The summed E-state index contributed by atoms with van der Waals surface area (Å²) in [6.07, 6.45) is 1.89. The van der Waals surface area contributed by atoms with Crippen LogP contribution in [-0.4, -0.2) is 20.8 Å². The van der Waals surface area contributed by atoms with E-state index in [9.17, 15) is 9.90 Å². The Labute approximate surface area is 111 Å². The predicted octanol–water partition coefficient (Wildman–Crippen LogP) is 1.67. The highest BCUT2D eigenvalue weighted by Gasteiger charge is 2.09. The normalized spacial score (nSPS) is 10.5. The monoisotopic (exact) mass is 259 g/mol. The summed E-state index contributed by atoms with van der Waals surface area (Å²) in [6.45, 7) is 4.11. The molecule has 0 atom stereocenters. The predicted molar refractivity (Wildman–Crippen MR) is 72.0 cm³/mol. The molecule has 100 valence electrons. The summed E-state index contributed by atoms with van der Waals surface area (Å²) >= 11 is 0. The Hall–Kier alpha value is -2.30. The van der Waals surface area contributed by atoms with Crippen LogP contribution >= 0.6 is 0 Å². The van der Waals surface area contributed by atoms with Crippen LogP contribution in [0.15, 0.2) is 24.4 Å². The van der Waals surface area contributed by atoms with E-state index in [0.717, 1.165) is 11.3 Å². The fraction of sp³-hybridized carbons (Fsp3) is 0.286. The second-order valence-electron chi connectivity index (χ2n) is 4.60. The maximum atomic E-state index is 12.0. The van der Waals surface area contributed by atoms with Crippen molar-refractivity contribution >= 4 is 5.91 Å². The number of aryl methyl sites for hydroxylation is 3. The lowest BCUT2D eigenvalue weighted by Crippen LogP contribution is -2.23. The van der Waals surface area contributed by atoms with E-state index < -0.39 is 0 Å². The zero-order chi connectivity index (χ0) is 14.0. The van der Waals surface area contributed by atoms with Crippen LogP contribution in [0.1, 0.15) is 27.2 Å². The van der Waals surface area contributed by atoms with Gasteiger partial charge in [-0.3, -0.25) is 9.48 Å². The maximum absolute atomic E-state index is 12.0. The summed E-state index contributed by atoms with van der Waals surface area (Å²) in [4.78, 5) is 12.0. The molecule has 0 spiro atoms. The molecule has 2 aromatic rings. The Bertz CT molecular complexity index is 617. The van der Waals surface area contributed by atoms with Crippen LogP contribution < -0.4 is 5.32 Å². The number of nitrogens with zero attached hydrogens (tertiary/aromatic N) is 2. The third kappa shape index (κ3) is 2.93. The molecular weight excluding hydrogens is 242 g/mol. The highest BCUT2D eigenvalue weighted by Crippen LogP contribution is 2.17. The molecule has 0 bridgehead atoms. The average Bonchev–Trinajstić information content (AvgIpc) is 2.68. The van der Waals surface area contributed by atoms with Gasteiger partial charge in [-0.15, -0.1) is 0 Å². The van der Waals surface area contributed by atoms with Gasteiger partial charge >= 0.3 is 0 Å². The molecule has 0 saturated heterocycles. The third-order valence-corrected chi connectivity index (χ3v) is 3.01. The van der Waals surface area contributed by atoms with Crippen LogP contribution in [0.25, 0.3) is 0 Å². The molecular formula is C14H17N3O2. The number of hydrogen-bond acceptors (Lipinski definition) is 3. The smallest absolute Gasteiger partial charge is 0.251 e. The number of rotatable bonds is 3. The Balaban J connectivity index is 2.05. The van der Waals surface area contributed by atoms with E-state index in [-0.39, 0.29) is 11.7 Å². The number of carbonyl (C=O) groups is 1. The lowest BCUT2D eigenvalue weighted by atomic mass is 10.1. The van der Waals surface area contributed by atoms with Gasteiger partial charge in [0.1, 0.15) is 5.75 Å². The van der Waals surface area contributed by atoms with Gasteiger partial charge in [0, 0.05) is 30.9 Å². The lowest BCUT2D eigenvalue weighted by molar-refractivity contribution is 0.0951. The number of amides is 1. The molecule has 0 fully saturated rings. The molecule has 1 amide bonds. The van der Waals surface area contributed by atoms with Crippen LogP contribution in [0.4, 0.5) is 0 Å². The molecule has 0 aliphatic rings. The number of hydrogen-bond donors (Lipinski definition) is 2. The Morgan fingerprint density at radius 3 is 2.74 bits per heavy atom. The molecule has 2 rings (SSSR count). The molecule has 1 aromatic carbocycles. The second-order valence-corrected chi connectivity index (χ2v) is 4.60. The number of benzene rings is 1. The first-order valence-corrected chi connectivity index (χ1v) is 6.04. The van der Waals surface area contributed by atoms with Crippen LogP contribution in [0, 0.1) is 13.8 Å². The van der Waals surface area contributed by atoms with Gasteiger partial charge < -0.3 is 10.4 Å². The van der Waals surface area contributed by atoms with Crippen molar-refractivity contribution in [2.24, 2.45) is 7.05 Å². The van der Waals surface area contributed by atoms with E-state index >= 15 is 0 Å². The quantitative estimate of drug-likeness (QED) is 0.881. The summed E-state index contributed by atoms with van der Waals surface area (Å²) < 4.78 is 1.72. The van der Waals surface area contributed by atoms with Crippen molar-refractivity contribution in [3.05, 3.63) is 46.8 Å². The van der Waals surface area contributed by atoms with Gasteiger partial charge in [0.25, 0.3) is 5.91 Å². The molecule has 1 heterocycles. The van der Waals surface area contributed by atoms with E-state index in [4.69, 9.17) is 0 Å². The lowest BCUT2D eigenvalue weighted by Gasteiger charge is -2.06. The van der Waals surface area contributed by atoms with Crippen molar-refractivity contribution in [3.63, 3.8) is 0 Å². The van der Waals surface area contributed by atoms with Crippen molar-refractivity contribution in [1.82, 2.24) is 15.1 Å². The van der Waals surface area contributed by atoms with E-state index in [0.29, 0.717) is 17.7 Å². The van der Waals surface area contributed by atoms with Crippen LogP contribution in [0.2, 0.25) is 0 Å².